The first-order valence-corrected chi connectivity index (χ1v) is 12.2. The number of ether oxygens (including phenoxy) is 1. The van der Waals surface area contributed by atoms with Crippen LogP contribution in [0.1, 0.15) is 39.3 Å². The Hall–Kier alpha value is -2.45. The second-order valence-electron chi connectivity index (χ2n) is 9.44. The van der Waals surface area contributed by atoms with Gasteiger partial charge in [0.15, 0.2) is 0 Å². The van der Waals surface area contributed by atoms with E-state index in [4.69, 9.17) is 9.72 Å². The van der Waals surface area contributed by atoms with Crippen LogP contribution in [-0.2, 0) is 16.1 Å². The highest BCUT2D eigenvalue weighted by Gasteiger charge is 2.39. The number of rotatable bonds is 4. The zero-order chi connectivity index (χ0) is 22.7. The Balaban J connectivity index is 1.29. The van der Waals surface area contributed by atoms with E-state index in [0.29, 0.717) is 26.1 Å². The average Bonchev–Trinajstić information content (AvgIpc) is 3.43. The molecule has 0 bridgehead atoms. The number of benzene rings is 1. The van der Waals surface area contributed by atoms with Gasteiger partial charge in [-0.25, -0.2) is 9.78 Å². The molecule has 2 saturated heterocycles. The molecule has 0 radical (unpaired) electrons. The summed E-state index contributed by atoms with van der Waals surface area (Å²) in [5.41, 5.74) is 1.65. The molecule has 0 N–H and O–H groups in total. The van der Waals surface area contributed by atoms with Gasteiger partial charge in [-0.15, -0.1) is 11.3 Å². The highest BCUT2D eigenvalue weighted by atomic mass is 32.1. The molecule has 7 nitrogen and oxygen atoms in total. The molecular formula is C24H32N4O3S. The molecule has 2 aliphatic rings. The fourth-order valence-electron chi connectivity index (χ4n) is 4.22. The van der Waals surface area contributed by atoms with Crippen LogP contribution in [0.4, 0.5) is 4.79 Å². The normalized spacial score (nSPS) is 19.9. The quantitative estimate of drug-likeness (QED) is 0.699. The van der Waals surface area contributed by atoms with Crippen molar-refractivity contribution in [3.63, 3.8) is 0 Å². The maximum Gasteiger partial charge on any atom is 0.410 e. The van der Waals surface area contributed by atoms with Crippen molar-refractivity contribution in [2.75, 3.05) is 32.7 Å². The van der Waals surface area contributed by atoms with E-state index in [9.17, 15) is 9.59 Å². The molecule has 2 fully saturated rings. The second-order valence-corrected chi connectivity index (χ2v) is 10.3. The fourth-order valence-corrected chi connectivity index (χ4v) is 5.04. The van der Waals surface area contributed by atoms with Crippen LogP contribution in [-0.4, -0.2) is 76.1 Å². The Morgan fingerprint density at radius 1 is 1.09 bits per heavy atom. The molecule has 2 aromatic rings. The molecule has 1 aromatic heterocycles. The Morgan fingerprint density at radius 3 is 2.50 bits per heavy atom. The summed E-state index contributed by atoms with van der Waals surface area (Å²) in [7, 11) is 0. The fraction of sp³-hybridized carbons (Fsp3) is 0.542. The van der Waals surface area contributed by atoms with E-state index in [1.54, 1.807) is 16.2 Å². The smallest absolute Gasteiger partial charge is 0.410 e. The van der Waals surface area contributed by atoms with E-state index in [1.165, 1.54) is 0 Å². The molecule has 32 heavy (non-hydrogen) atoms. The van der Waals surface area contributed by atoms with Crippen LogP contribution in [0.15, 0.2) is 35.7 Å². The van der Waals surface area contributed by atoms with E-state index >= 15 is 0 Å². The van der Waals surface area contributed by atoms with E-state index in [-0.39, 0.29) is 12.0 Å². The number of amides is 2. The van der Waals surface area contributed by atoms with Gasteiger partial charge in [0.25, 0.3) is 0 Å². The zero-order valence-corrected chi connectivity index (χ0v) is 19.9. The maximum atomic E-state index is 13.2. The molecule has 1 aromatic carbocycles. The SMILES string of the molecule is CC(C)(C)OC(=O)N1CCC[C@@H]1C(=O)N1CCN(Cc2csc(-c3ccccc3)n2)CC1. The van der Waals surface area contributed by atoms with Gasteiger partial charge in [-0.2, -0.15) is 0 Å². The summed E-state index contributed by atoms with van der Waals surface area (Å²) >= 11 is 1.67. The van der Waals surface area contributed by atoms with Crippen molar-refractivity contribution < 1.29 is 14.3 Å². The minimum atomic E-state index is -0.561. The van der Waals surface area contributed by atoms with Crippen LogP contribution >= 0.6 is 11.3 Å². The van der Waals surface area contributed by atoms with E-state index in [0.717, 1.165) is 42.3 Å². The first-order valence-electron chi connectivity index (χ1n) is 11.3. The van der Waals surface area contributed by atoms with Crippen LogP contribution in [0, 0.1) is 0 Å². The first-order chi connectivity index (χ1) is 15.3. The zero-order valence-electron chi connectivity index (χ0n) is 19.1. The van der Waals surface area contributed by atoms with Crippen LogP contribution in [0.25, 0.3) is 10.6 Å². The van der Waals surface area contributed by atoms with Gasteiger partial charge >= 0.3 is 6.09 Å². The molecule has 4 rings (SSSR count). The lowest BCUT2D eigenvalue weighted by Crippen LogP contribution is -2.54. The van der Waals surface area contributed by atoms with Crippen LogP contribution < -0.4 is 0 Å². The third kappa shape index (κ3) is 5.48. The number of hydrogen-bond donors (Lipinski definition) is 0. The van der Waals surface area contributed by atoms with Crippen LogP contribution in [0.5, 0.6) is 0 Å². The number of carbonyl (C=O) groups is 2. The Kier molecular flexibility index (Phi) is 6.81. The van der Waals surface area contributed by atoms with Gasteiger partial charge in [0.05, 0.1) is 5.69 Å². The summed E-state index contributed by atoms with van der Waals surface area (Å²) in [6.07, 6.45) is 1.16. The summed E-state index contributed by atoms with van der Waals surface area (Å²) < 4.78 is 5.51. The van der Waals surface area contributed by atoms with Gasteiger partial charge in [0.2, 0.25) is 5.91 Å². The number of thiazole rings is 1. The number of likely N-dealkylation sites (tertiary alicyclic amines) is 1. The predicted molar refractivity (Wildman–Crippen MR) is 125 cm³/mol. The summed E-state index contributed by atoms with van der Waals surface area (Å²) in [4.78, 5) is 36.3. The largest absolute Gasteiger partial charge is 0.444 e. The first kappa shape index (κ1) is 22.7. The van der Waals surface area contributed by atoms with Gasteiger partial charge in [-0.05, 0) is 33.6 Å². The second kappa shape index (κ2) is 9.58. The highest BCUT2D eigenvalue weighted by Crippen LogP contribution is 2.25. The number of nitrogens with zero attached hydrogens (tertiary/aromatic N) is 4. The van der Waals surface area contributed by atoms with E-state index < -0.39 is 11.6 Å². The van der Waals surface area contributed by atoms with Gasteiger partial charge in [0, 0.05) is 50.2 Å². The summed E-state index contributed by atoms with van der Waals surface area (Å²) in [5, 5.41) is 3.16. The molecule has 3 heterocycles. The molecule has 0 spiro atoms. The lowest BCUT2D eigenvalue weighted by atomic mass is 10.1. The molecule has 2 amide bonds. The van der Waals surface area contributed by atoms with E-state index in [2.05, 4.69) is 22.4 Å². The topological polar surface area (TPSA) is 66.0 Å². The molecule has 172 valence electrons. The maximum absolute atomic E-state index is 13.2. The lowest BCUT2D eigenvalue weighted by molar-refractivity contribution is -0.137. The van der Waals surface area contributed by atoms with Crippen molar-refractivity contribution in [1.82, 2.24) is 19.7 Å². The molecule has 0 aliphatic carbocycles. The Labute approximate surface area is 194 Å². The van der Waals surface area contributed by atoms with Gasteiger partial charge in [0.1, 0.15) is 16.7 Å². The van der Waals surface area contributed by atoms with Crippen molar-refractivity contribution in [3.05, 3.63) is 41.4 Å². The van der Waals surface area contributed by atoms with Crippen molar-refractivity contribution in [2.24, 2.45) is 0 Å². The lowest BCUT2D eigenvalue weighted by Gasteiger charge is -2.37. The van der Waals surface area contributed by atoms with Crippen molar-refractivity contribution >= 4 is 23.3 Å². The number of hydrogen-bond acceptors (Lipinski definition) is 6. The minimum Gasteiger partial charge on any atom is -0.444 e. The average molecular weight is 457 g/mol. The van der Waals surface area contributed by atoms with Crippen LogP contribution in [0.2, 0.25) is 0 Å². The van der Waals surface area contributed by atoms with Crippen molar-refractivity contribution in [3.8, 4) is 10.6 Å². The molecule has 8 heteroatoms. The third-order valence-electron chi connectivity index (χ3n) is 5.81. The Bertz CT molecular complexity index is 932. The molecule has 1 atom stereocenters. The Morgan fingerprint density at radius 2 is 1.81 bits per heavy atom. The highest BCUT2D eigenvalue weighted by molar-refractivity contribution is 7.13. The monoisotopic (exact) mass is 456 g/mol. The molecular weight excluding hydrogens is 424 g/mol. The molecule has 2 aliphatic heterocycles. The number of aromatic nitrogens is 1. The number of carbonyl (C=O) groups excluding carboxylic acids is 2. The summed E-state index contributed by atoms with van der Waals surface area (Å²) in [6.45, 7) is 9.89. The van der Waals surface area contributed by atoms with Gasteiger partial charge in [-0.3, -0.25) is 14.6 Å². The van der Waals surface area contributed by atoms with Crippen molar-refractivity contribution in [2.45, 2.75) is 51.8 Å². The third-order valence-corrected chi connectivity index (χ3v) is 6.75. The van der Waals surface area contributed by atoms with Gasteiger partial charge < -0.3 is 9.64 Å². The summed E-state index contributed by atoms with van der Waals surface area (Å²) in [5.74, 6) is 0.0491. The van der Waals surface area contributed by atoms with Crippen molar-refractivity contribution in [1.29, 1.82) is 0 Å². The standard InChI is InChI=1S/C24H32N4O3S/c1-24(2,3)31-23(30)28-11-7-10-20(28)22(29)27-14-12-26(13-15-27)16-19-17-32-21(25-19)18-8-5-4-6-9-18/h4-6,8-9,17,20H,7,10-16H2,1-3H3/t20-/m1/s1. The molecule has 0 unspecified atom stereocenters. The summed E-state index contributed by atoms with van der Waals surface area (Å²) in [6, 6.07) is 9.83. The van der Waals surface area contributed by atoms with Gasteiger partial charge in [-0.1, -0.05) is 30.3 Å². The molecule has 0 saturated carbocycles. The van der Waals surface area contributed by atoms with Crippen LogP contribution in [0.3, 0.4) is 0 Å². The minimum absolute atomic E-state index is 0.0491. The van der Waals surface area contributed by atoms with E-state index in [1.807, 2.05) is 43.9 Å². The number of piperazine rings is 1. The predicted octanol–water partition coefficient (Wildman–Crippen LogP) is 3.85.